The predicted octanol–water partition coefficient (Wildman–Crippen LogP) is 3.69. The van der Waals surface area contributed by atoms with Crippen molar-refractivity contribution < 1.29 is 9.53 Å². The number of benzene rings is 1. The van der Waals surface area contributed by atoms with E-state index < -0.39 is 5.60 Å². The van der Waals surface area contributed by atoms with Gasteiger partial charge >= 0.3 is 0 Å². The molecule has 1 aromatic heterocycles. The van der Waals surface area contributed by atoms with E-state index in [0.717, 1.165) is 42.6 Å². The molecule has 0 spiro atoms. The molecule has 5 nitrogen and oxygen atoms in total. The zero-order valence-electron chi connectivity index (χ0n) is 18.4. The van der Waals surface area contributed by atoms with E-state index in [4.69, 9.17) is 4.74 Å². The van der Waals surface area contributed by atoms with E-state index in [1.165, 1.54) is 0 Å². The fourth-order valence-corrected chi connectivity index (χ4v) is 4.27. The molecule has 1 amide bonds. The van der Waals surface area contributed by atoms with E-state index in [-0.39, 0.29) is 11.3 Å². The minimum absolute atomic E-state index is 0.0397. The van der Waals surface area contributed by atoms with Crippen molar-refractivity contribution in [3.63, 3.8) is 0 Å². The van der Waals surface area contributed by atoms with Crippen LogP contribution in [-0.4, -0.2) is 53.7 Å². The fourth-order valence-electron chi connectivity index (χ4n) is 4.27. The Morgan fingerprint density at radius 2 is 1.97 bits per heavy atom. The number of ether oxygens (including phenoxy) is 1. The molecule has 2 aromatic rings. The molecule has 1 aliphatic heterocycles. The van der Waals surface area contributed by atoms with Crippen LogP contribution in [0.25, 0.3) is 11.1 Å². The average Bonchev–Trinajstić information content (AvgIpc) is 3.52. The van der Waals surface area contributed by atoms with Crippen LogP contribution in [0.5, 0.6) is 0 Å². The van der Waals surface area contributed by atoms with Gasteiger partial charge in [-0.2, -0.15) is 0 Å². The van der Waals surface area contributed by atoms with Crippen molar-refractivity contribution >= 4 is 5.91 Å². The molecule has 160 valence electrons. The second-order valence-electron chi connectivity index (χ2n) is 9.97. The summed E-state index contributed by atoms with van der Waals surface area (Å²) in [4.78, 5) is 19.9. The maximum absolute atomic E-state index is 13.4. The summed E-state index contributed by atoms with van der Waals surface area (Å²) >= 11 is 0. The number of carbonyl (C=O) groups is 1. The Labute approximate surface area is 179 Å². The first-order valence-corrected chi connectivity index (χ1v) is 11.0. The summed E-state index contributed by atoms with van der Waals surface area (Å²) in [5.74, 6) is 0.0397. The maximum atomic E-state index is 13.4. The Morgan fingerprint density at radius 1 is 1.20 bits per heavy atom. The highest BCUT2D eigenvalue weighted by molar-refractivity contribution is 5.86. The van der Waals surface area contributed by atoms with Gasteiger partial charge in [0.25, 0.3) is 5.91 Å². The SMILES string of the molecule is CC(C)(C)CN1CCOC(Cc2cccc(-c3ccncc3)c2)(C(=O)NC2CC2)C1. The van der Waals surface area contributed by atoms with Crippen molar-refractivity contribution in [3.8, 4) is 11.1 Å². The van der Waals surface area contributed by atoms with Gasteiger partial charge in [0.15, 0.2) is 5.60 Å². The van der Waals surface area contributed by atoms with Crippen LogP contribution < -0.4 is 5.32 Å². The first-order chi connectivity index (χ1) is 14.3. The van der Waals surface area contributed by atoms with Gasteiger partial charge in [-0.3, -0.25) is 14.7 Å². The third kappa shape index (κ3) is 5.27. The molecule has 2 heterocycles. The number of morpholine rings is 1. The highest BCUT2D eigenvalue weighted by Crippen LogP contribution is 2.30. The third-order valence-corrected chi connectivity index (χ3v) is 5.72. The highest BCUT2D eigenvalue weighted by atomic mass is 16.5. The Hall–Kier alpha value is -2.24. The van der Waals surface area contributed by atoms with Gasteiger partial charge in [-0.15, -0.1) is 0 Å². The number of rotatable bonds is 6. The Bertz CT molecular complexity index is 873. The Balaban J connectivity index is 1.59. The molecule has 5 heteroatoms. The van der Waals surface area contributed by atoms with E-state index >= 15 is 0 Å². The van der Waals surface area contributed by atoms with Gasteiger partial charge in [-0.05, 0) is 47.1 Å². The van der Waals surface area contributed by atoms with Crippen LogP contribution in [0, 0.1) is 5.41 Å². The predicted molar refractivity (Wildman–Crippen MR) is 119 cm³/mol. The van der Waals surface area contributed by atoms with Crippen LogP contribution in [0.3, 0.4) is 0 Å². The van der Waals surface area contributed by atoms with Crippen molar-refractivity contribution in [2.75, 3.05) is 26.2 Å². The number of pyridine rings is 1. The standard InChI is InChI=1S/C25H33N3O2/c1-24(2,3)17-28-13-14-30-25(18-28,23(29)27-22-7-8-22)16-19-5-4-6-21(15-19)20-9-11-26-12-10-20/h4-6,9-12,15,22H,7-8,13-14,16-18H2,1-3H3,(H,27,29). The number of nitrogens with one attached hydrogen (secondary N) is 1. The van der Waals surface area contributed by atoms with Crippen LogP contribution in [0.1, 0.15) is 39.2 Å². The van der Waals surface area contributed by atoms with Crippen molar-refractivity contribution in [2.24, 2.45) is 5.41 Å². The van der Waals surface area contributed by atoms with E-state index in [9.17, 15) is 4.79 Å². The summed E-state index contributed by atoms with van der Waals surface area (Å²) in [6.07, 6.45) is 6.34. The molecule has 1 aliphatic carbocycles. The molecule has 1 saturated heterocycles. The lowest BCUT2D eigenvalue weighted by atomic mass is 9.88. The summed E-state index contributed by atoms with van der Waals surface area (Å²) in [6.45, 7) is 9.75. The van der Waals surface area contributed by atoms with Crippen molar-refractivity contribution in [3.05, 3.63) is 54.4 Å². The van der Waals surface area contributed by atoms with Gasteiger partial charge in [0.1, 0.15) is 0 Å². The van der Waals surface area contributed by atoms with Crippen LogP contribution >= 0.6 is 0 Å². The molecular formula is C25H33N3O2. The van der Waals surface area contributed by atoms with Crippen LogP contribution in [0.2, 0.25) is 0 Å². The van der Waals surface area contributed by atoms with E-state index in [1.54, 1.807) is 12.4 Å². The van der Waals surface area contributed by atoms with Gasteiger partial charge < -0.3 is 10.1 Å². The van der Waals surface area contributed by atoms with Crippen LogP contribution in [0.15, 0.2) is 48.8 Å². The van der Waals surface area contributed by atoms with E-state index in [0.29, 0.717) is 25.6 Å². The molecule has 30 heavy (non-hydrogen) atoms. The highest BCUT2D eigenvalue weighted by Gasteiger charge is 2.45. The Kier molecular flexibility index (Phi) is 5.94. The zero-order valence-corrected chi connectivity index (χ0v) is 18.4. The molecule has 2 fully saturated rings. The first-order valence-electron chi connectivity index (χ1n) is 11.0. The lowest BCUT2D eigenvalue weighted by Crippen LogP contribution is -2.62. The topological polar surface area (TPSA) is 54.5 Å². The molecule has 2 aliphatic rings. The van der Waals surface area contributed by atoms with Gasteiger partial charge in [0.2, 0.25) is 0 Å². The second-order valence-corrected chi connectivity index (χ2v) is 9.97. The third-order valence-electron chi connectivity index (χ3n) is 5.72. The molecule has 1 saturated carbocycles. The Morgan fingerprint density at radius 3 is 2.67 bits per heavy atom. The zero-order chi connectivity index (χ0) is 21.2. The number of nitrogens with zero attached hydrogens (tertiary/aromatic N) is 2. The number of aromatic nitrogens is 1. The van der Waals surface area contributed by atoms with Gasteiger partial charge in [0, 0.05) is 44.5 Å². The van der Waals surface area contributed by atoms with Crippen LogP contribution in [0.4, 0.5) is 0 Å². The molecule has 1 unspecified atom stereocenters. The lowest BCUT2D eigenvalue weighted by Gasteiger charge is -2.43. The summed E-state index contributed by atoms with van der Waals surface area (Å²) in [6, 6.07) is 12.8. The molecule has 1 aromatic carbocycles. The lowest BCUT2D eigenvalue weighted by molar-refractivity contribution is -0.161. The van der Waals surface area contributed by atoms with Gasteiger partial charge in [-0.1, -0.05) is 45.0 Å². The molecule has 0 bridgehead atoms. The minimum atomic E-state index is -0.844. The summed E-state index contributed by atoms with van der Waals surface area (Å²) < 4.78 is 6.29. The first kappa shape index (κ1) is 21.0. The molecule has 1 atom stereocenters. The quantitative estimate of drug-likeness (QED) is 0.794. The van der Waals surface area contributed by atoms with Crippen molar-refractivity contribution in [1.29, 1.82) is 0 Å². The molecule has 0 radical (unpaired) electrons. The van der Waals surface area contributed by atoms with Gasteiger partial charge in [0.05, 0.1) is 6.61 Å². The van der Waals surface area contributed by atoms with Crippen LogP contribution in [-0.2, 0) is 16.0 Å². The van der Waals surface area contributed by atoms with E-state index in [1.807, 2.05) is 12.1 Å². The number of hydrogen-bond donors (Lipinski definition) is 1. The molecular weight excluding hydrogens is 374 g/mol. The largest absolute Gasteiger partial charge is 0.362 e. The fraction of sp³-hybridized carbons (Fsp3) is 0.520. The average molecular weight is 408 g/mol. The normalized spacial score (nSPS) is 22.6. The molecule has 4 rings (SSSR count). The van der Waals surface area contributed by atoms with Crippen molar-refractivity contribution in [2.45, 2.75) is 51.7 Å². The summed E-state index contributed by atoms with van der Waals surface area (Å²) in [5.41, 5.74) is 2.71. The number of amides is 1. The maximum Gasteiger partial charge on any atom is 0.254 e. The minimum Gasteiger partial charge on any atom is -0.362 e. The number of hydrogen-bond acceptors (Lipinski definition) is 4. The summed E-state index contributed by atoms with van der Waals surface area (Å²) in [5, 5.41) is 3.22. The van der Waals surface area contributed by atoms with Gasteiger partial charge in [-0.25, -0.2) is 0 Å². The summed E-state index contributed by atoms with van der Waals surface area (Å²) in [7, 11) is 0. The van der Waals surface area contributed by atoms with E-state index in [2.05, 4.69) is 60.2 Å². The second kappa shape index (κ2) is 8.48. The number of carbonyl (C=O) groups excluding carboxylic acids is 1. The molecule has 1 N–H and O–H groups in total. The smallest absolute Gasteiger partial charge is 0.254 e. The monoisotopic (exact) mass is 407 g/mol. The van der Waals surface area contributed by atoms with Crippen molar-refractivity contribution in [1.82, 2.24) is 15.2 Å².